The molecule has 0 bridgehead atoms. The van der Waals surface area contributed by atoms with E-state index in [1.165, 1.54) is 6.07 Å². The number of rotatable bonds is 4. The largest absolute Gasteiger partial charge is 0.328 e. The van der Waals surface area contributed by atoms with Crippen molar-refractivity contribution in [2.24, 2.45) is 11.7 Å². The molecule has 1 amide bonds. The minimum atomic E-state index is -0.175. The number of aryl methyl sites for hydroxylation is 1. The van der Waals surface area contributed by atoms with Crippen molar-refractivity contribution in [1.82, 2.24) is 9.97 Å². The lowest BCUT2D eigenvalue weighted by molar-refractivity contribution is -0.119. The van der Waals surface area contributed by atoms with Crippen molar-refractivity contribution in [2.45, 2.75) is 38.6 Å². The molecule has 1 fully saturated rings. The molecule has 1 aromatic heterocycles. The van der Waals surface area contributed by atoms with Crippen molar-refractivity contribution in [3.8, 4) is 11.4 Å². The van der Waals surface area contributed by atoms with Crippen LogP contribution in [0.3, 0.4) is 0 Å². The summed E-state index contributed by atoms with van der Waals surface area (Å²) in [6, 6.07) is 8.97. The first kappa shape index (κ1) is 19.1. The van der Waals surface area contributed by atoms with Gasteiger partial charge in [-0.2, -0.15) is 0 Å². The lowest BCUT2D eigenvalue weighted by Crippen LogP contribution is -2.23. The monoisotopic (exact) mass is 362 g/mol. The third-order valence-corrected chi connectivity index (χ3v) is 4.40. The van der Waals surface area contributed by atoms with Crippen LogP contribution in [0.1, 0.15) is 31.9 Å². The van der Waals surface area contributed by atoms with E-state index in [1.807, 2.05) is 31.2 Å². The second-order valence-electron chi connectivity index (χ2n) is 6.28. The molecular weight excluding hydrogens is 340 g/mol. The predicted octanol–water partition coefficient (Wildman–Crippen LogP) is 2.49. The third-order valence-electron chi connectivity index (χ3n) is 4.40. The summed E-state index contributed by atoms with van der Waals surface area (Å²) in [7, 11) is 0. The molecule has 0 saturated heterocycles. The number of carbonyl (C=O) groups is 1. The summed E-state index contributed by atoms with van der Waals surface area (Å²) in [6.07, 6.45) is 3.15. The molecule has 1 heterocycles. The predicted molar refractivity (Wildman–Crippen MR) is 101 cm³/mol. The van der Waals surface area contributed by atoms with Crippen LogP contribution in [0, 0.1) is 5.92 Å². The van der Waals surface area contributed by atoms with Gasteiger partial charge in [-0.15, -0.1) is 12.4 Å². The zero-order valence-electron chi connectivity index (χ0n) is 14.1. The van der Waals surface area contributed by atoms with E-state index in [0.29, 0.717) is 17.9 Å². The van der Waals surface area contributed by atoms with Gasteiger partial charge in [-0.05, 0) is 37.8 Å². The van der Waals surface area contributed by atoms with Gasteiger partial charge in [-0.1, -0.05) is 19.1 Å². The molecule has 1 aliphatic carbocycles. The summed E-state index contributed by atoms with van der Waals surface area (Å²) in [4.78, 5) is 31.2. The van der Waals surface area contributed by atoms with Crippen molar-refractivity contribution < 1.29 is 4.79 Å². The number of benzene rings is 1. The van der Waals surface area contributed by atoms with E-state index >= 15 is 0 Å². The van der Waals surface area contributed by atoms with E-state index in [1.54, 1.807) is 0 Å². The van der Waals surface area contributed by atoms with Gasteiger partial charge in [-0.3, -0.25) is 9.59 Å². The van der Waals surface area contributed by atoms with E-state index in [-0.39, 0.29) is 35.8 Å². The number of hydrogen-bond acceptors (Lipinski definition) is 4. The van der Waals surface area contributed by atoms with Crippen molar-refractivity contribution in [2.75, 3.05) is 5.32 Å². The molecule has 2 atom stereocenters. The maximum atomic E-state index is 12.3. The van der Waals surface area contributed by atoms with Crippen LogP contribution < -0.4 is 16.6 Å². The Morgan fingerprint density at radius 3 is 2.84 bits per heavy atom. The standard InChI is InChI=1S/C18H22N4O2.ClH/c1-2-14-10-16(23)22-17(20-14)11-4-3-5-15(9-11)21-18(24)12-6-7-13(19)8-12;/h3-5,9-10,12-13H,2,6-8,19H2,1H3,(H,21,24)(H,20,22,23);1H. The molecule has 7 heteroatoms. The molecule has 0 spiro atoms. The minimum Gasteiger partial charge on any atom is -0.328 e. The maximum Gasteiger partial charge on any atom is 0.251 e. The van der Waals surface area contributed by atoms with E-state index in [2.05, 4.69) is 15.3 Å². The number of carbonyl (C=O) groups excluding carboxylic acids is 1. The average Bonchev–Trinajstić information content (AvgIpc) is 3.01. The van der Waals surface area contributed by atoms with Crippen LogP contribution in [0.15, 0.2) is 35.1 Å². The van der Waals surface area contributed by atoms with E-state index in [0.717, 1.165) is 30.5 Å². The molecule has 3 rings (SSSR count). The first-order valence-electron chi connectivity index (χ1n) is 8.32. The van der Waals surface area contributed by atoms with E-state index < -0.39 is 0 Å². The number of nitrogens with two attached hydrogens (primary N) is 1. The lowest BCUT2D eigenvalue weighted by Gasteiger charge is -2.12. The Labute approximate surface area is 152 Å². The Morgan fingerprint density at radius 1 is 1.36 bits per heavy atom. The van der Waals surface area contributed by atoms with Crippen LogP contribution in [-0.4, -0.2) is 21.9 Å². The Bertz CT molecular complexity index is 806. The van der Waals surface area contributed by atoms with Crippen molar-refractivity contribution in [1.29, 1.82) is 0 Å². The fourth-order valence-electron chi connectivity index (χ4n) is 3.07. The maximum absolute atomic E-state index is 12.3. The van der Waals surface area contributed by atoms with Crippen LogP contribution in [0.5, 0.6) is 0 Å². The van der Waals surface area contributed by atoms with Gasteiger partial charge in [0.25, 0.3) is 5.56 Å². The van der Waals surface area contributed by atoms with Crippen molar-refractivity contribution in [3.05, 3.63) is 46.4 Å². The highest BCUT2D eigenvalue weighted by Gasteiger charge is 2.27. The summed E-state index contributed by atoms with van der Waals surface area (Å²) in [5.41, 5.74) is 7.90. The van der Waals surface area contributed by atoms with Gasteiger partial charge in [0.1, 0.15) is 5.82 Å². The van der Waals surface area contributed by atoms with Crippen LogP contribution in [0.25, 0.3) is 11.4 Å². The summed E-state index contributed by atoms with van der Waals surface area (Å²) >= 11 is 0. The fourth-order valence-corrected chi connectivity index (χ4v) is 3.07. The molecule has 1 aliphatic rings. The molecular formula is C18H23ClN4O2. The first-order valence-corrected chi connectivity index (χ1v) is 8.32. The molecule has 1 aromatic carbocycles. The van der Waals surface area contributed by atoms with Crippen LogP contribution in [-0.2, 0) is 11.2 Å². The van der Waals surface area contributed by atoms with Gasteiger partial charge in [0.2, 0.25) is 5.91 Å². The van der Waals surface area contributed by atoms with Crippen molar-refractivity contribution in [3.63, 3.8) is 0 Å². The molecule has 25 heavy (non-hydrogen) atoms. The normalized spacial score (nSPS) is 19.3. The number of H-pyrrole nitrogens is 1. The molecule has 1 saturated carbocycles. The number of nitrogens with one attached hydrogen (secondary N) is 2. The molecule has 2 aromatic rings. The molecule has 134 valence electrons. The van der Waals surface area contributed by atoms with Gasteiger partial charge < -0.3 is 16.0 Å². The molecule has 2 unspecified atom stereocenters. The lowest BCUT2D eigenvalue weighted by atomic mass is 10.1. The van der Waals surface area contributed by atoms with Crippen LogP contribution in [0.2, 0.25) is 0 Å². The van der Waals surface area contributed by atoms with Crippen molar-refractivity contribution >= 4 is 24.0 Å². The van der Waals surface area contributed by atoms with Gasteiger partial charge in [0.05, 0.1) is 0 Å². The fraction of sp³-hybridized carbons (Fsp3) is 0.389. The number of anilines is 1. The summed E-state index contributed by atoms with van der Waals surface area (Å²) in [5.74, 6) is 0.493. The Balaban J connectivity index is 0.00000225. The number of aromatic amines is 1. The quantitative estimate of drug-likeness (QED) is 0.777. The van der Waals surface area contributed by atoms with Gasteiger partial charge in [0, 0.05) is 35.0 Å². The SMILES string of the molecule is CCc1cc(=O)[nH]c(-c2cccc(NC(=O)C3CCC(N)C3)c2)n1.Cl. The smallest absolute Gasteiger partial charge is 0.251 e. The highest BCUT2D eigenvalue weighted by Crippen LogP contribution is 2.26. The minimum absolute atomic E-state index is 0. The number of amides is 1. The van der Waals surface area contributed by atoms with E-state index in [4.69, 9.17) is 5.73 Å². The number of hydrogen-bond donors (Lipinski definition) is 3. The summed E-state index contributed by atoms with van der Waals surface area (Å²) in [5, 5.41) is 2.94. The Morgan fingerprint density at radius 2 is 2.16 bits per heavy atom. The Kier molecular flexibility index (Phi) is 6.33. The molecule has 4 N–H and O–H groups in total. The van der Waals surface area contributed by atoms with E-state index in [9.17, 15) is 9.59 Å². The molecule has 6 nitrogen and oxygen atoms in total. The zero-order valence-corrected chi connectivity index (χ0v) is 14.9. The summed E-state index contributed by atoms with van der Waals surface area (Å²) in [6.45, 7) is 1.95. The number of halogens is 1. The van der Waals surface area contributed by atoms with Gasteiger partial charge >= 0.3 is 0 Å². The Hall–Kier alpha value is -2.18. The van der Waals surface area contributed by atoms with Gasteiger partial charge in [0.15, 0.2) is 0 Å². The highest BCUT2D eigenvalue weighted by molar-refractivity contribution is 5.93. The summed E-state index contributed by atoms with van der Waals surface area (Å²) < 4.78 is 0. The van der Waals surface area contributed by atoms with Crippen LogP contribution >= 0.6 is 12.4 Å². The second kappa shape index (κ2) is 8.27. The second-order valence-corrected chi connectivity index (χ2v) is 6.28. The third kappa shape index (κ3) is 4.67. The zero-order chi connectivity index (χ0) is 17.1. The number of nitrogens with zero attached hydrogens (tertiary/aromatic N) is 1. The average molecular weight is 363 g/mol. The highest BCUT2D eigenvalue weighted by atomic mass is 35.5. The topological polar surface area (TPSA) is 101 Å². The first-order chi connectivity index (χ1) is 11.5. The van der Waals surface area contributed by atoms with Crippen LogP contribution in [0.4, 0.5) is 5.69 Å². The number of aromatic nitrogens is 2. The van der Waals surface area contributed by atoms with Gasteiger partial charge in [-0.25, -0.2) is 4.98 Å². The molecule has 0 aliphatic heterocycles. The molecule has 0 radical (unpaired) electrons.